The van der Waals surface area contributed by atoms with E-state index in [4.69, 9.17) is 5.73 Å². The minimum absolute atomic E-state index is 0.142. The zero-order valence-corrected chi connectivity index (χ0v) is 21.7. The molecule has 5 aromatic rings. The second-order valence-electron chi connectivity index (χ2n) is 10.5. The van der Waals surface area contributed by atoms with E-state index in [1.807, 2.05) is 48.5 Å². The van der Waals surface area contributed by atoms with Gasteiger partial charge in [-0.2, -0.15) is 0 Å². The monoisotopic (exact) mass is 505 g/mol. The highest BCUT2D eigenvalue weighted by molar-refractivity contribution is 5.88. The third kappa shape index (κ3) is 5.75. The molecule has 0 saturated heterocycles. The highest BCUT2D eigenvalue weighted by Gasteiger charge is 2.25. The summed E-state index contributed by atoms with van der Waals surface area (Å²) in [6, 6.07) is 31.8. The SMILES string of the molecule is CC(CNCc1c(O)ccc2ccccc12)(CNCc1c(O)ccc2ccccc12)Cc1ccc(N)cc1. The number of hydrogen-bond acceptors (Lipinski definition) is 5. The van der Waals surface area contributed by atoms with E-state index in [1.165, 1.54) is 5.56 Å². The molecule has 0 unspecified atom stereocenters. The summed E-state index contributed by atoms with van der Waals surface area (Å²) >= 11 is 0. The molecule has 0 bridgehead atoms. The summed E-state index contributed by atoms with van der Waals surface area (Å²) in [5, 5.41) is 32.8. The van der Waals surface area contributed by atoms with Crippen molar-refractivity contribution in [2.45, 2.75) is 26.4 Å². The van der Waals surface area contributed by atoms with Gasteiger partial charge in [-0.1, -0.05) is 79.7 Å². The maximum atomic E-state index is 10.6. The lowest BCUT2D eigenvalue weighted by molar-refractivity contribution is 0.283. The Morgan fingerprint density at radius 2 is 1.11 bits per heavy atom. The van der Waals surface area contributed by atoms with Crippen LogP contribution in [-0.4, -0.2) is 23.3 Å². The molecule has 0 amide bonds. The fourth-order valence-corrected chi connectivity index (χ4v) is 5.31. The van der Waals surface area contributed by atoms with Gasteiger partial charge in [0.25, 0.3) is 0 Å². The van der Waals surface area contributed by atoms with Crippen molar-refractivity contribution in [3.8, 4) is 11.5 Å². The first-order valence-corrected chi connectivity index (χ1v) is 13.1. The predicted molar refractivity (Wildman–Crippen MR) is 157 cm³/mol. The fourth-order valence-electron chi connectivity index (χ4n) is 5.31. The van der Waals surface area contributed by atoms with Gasteiger partial charge in [0.1, 0.15) is 11.5 Å². The molecule has 38 heavy (non-hydrogen) atoms. The lowest BCUT2D eigenvalue weighted by atomic mass is 9.83. The van der Waals surface area contributed by atoms with E-state index < -0.39 is 0 Å². The smallest absolute Gasteiger partial charge is 0.120 e. The second-order valence-corrected chi connectivity index (χ2v) is 10.5. The molecule has 0 aromatic heterocycles. The van der Waals surface area contributed by atoms with Crippen molar-refractivity contribution in [1.82, 2.24) is 10.6 Å². The average Bonchev–Trinajstić information content (AvgIpc) is 2.92. The molecule has 5 nitrogen and oxygen atoms in total. The van der Waals surface area contributed by atoms with Gasteiger partial charge in [0, 0.05) is 43.0 Å². The zero-order valence-electron chi connectivity index (χ0n) is 21.7. The molecule has 5 heteroatoms. The number of nitrogens with two attached hydrogens (primary N) is 1. The molecule has 0 spiro atoms. The van der Waals surface area contributed by atoms with Crippen LogP contribution in [0.4, 0.5) is 5.69 Å². The van der Waals surface area contributed by atoms with Gasteiger partial charge < -0.3 is 26.6 Å². The quantitative estimate of drug-likeness (QED) is 0.148. The lowest BCUT2D eigenvalue weighted by Crippen LogP contribution is -2.41. The molecule has 0 radical (unpaired) electrons. The number of hydrogen-bond donors (Lipinski definition) is 5. The van der Waals surface area contributed by atoms with Crippen LogP contribution < -0.4 is 16.4 Å². The molecular formula is C33H35N3O2. The summed E-state index contributed by atoms with van der Waals surface area (Å²) < 4.78 is 0. The number of aromatic hydroxyl groups is 2. The summed E-state index contributed by atoms with van der Waals surface area (Å²) in [6.45, 7) is 4.85. The minimum atomic E-state index is -0.142. The molecule has 0 fully saturated rings. The summed E-state index contributed by atoms with van der Waals surface area (Å²) in [7, 11) is 0. The van der Waals surface area contributed by atoms with E-state index in [2.05, 4.69) is 54.0 Å². The number of nitrogen functional groups attached to an aromatic ring is 1. The fraction of sp³-hybridized carbons (Fsp3) is 0.212. The normalized spacial score (nSPS) is 11.8. The minimum Gasteiger partial charge on any atom is -0.508 e. The first kappa shape index (κ1) is 25.6. The van der Waals surface area contributed by atoms with Gasteiger partial charge in [-0.25, -0.2) is 0 Å². The molecule has 0 aliphatic heterocycles. The van der Waals surface area contributed by atoms with Gasteiger partial charge in [0.05, 0.1) is 0 Å². The Hall–Kier alpha value is -4.06. The number of rotatable bonds is 10. The third-order valence-electron chi connectivity index (χ3n) is 7.35. The summed E-state index contributed by atoms with van der Waals surface area (Å²) in [4.78, 5) is 0. The van der Waals surface area contributed by atoms with Gasteiger partial charge in [-0.3, -0.25) is 0 Å². The first-order chi connectivity index (χ1) is 18.4. The maximum absolute atomic E-state index is 10.6. The van der Waals surface area contributed by atoms with E-state index in [0.29, 0.717) is 24.6 Å². The maximum Gasteiger partial charge on any atom is 0.120 e. The number of nitrogens with one attached hydrogen (secondary N) is 2. The largest absolute Gasteiger partial charge is 0.508 e. The molecule has 0 aliphatic rings. The van der Waals surface area contributed by atoms with Gasteiger partial charge in [-0.15, -0.1) is 0 Å². The van der Waals surface area contributed by atoms with E-state index in [1.54, 1.807) is 12.1 Å². The van der Waals surface area contributed by atoms with E-state index in [0.717, 1.165) is 57.9 Å². The number of phenols is 2. The van der Waals surface area contributed by atoms with Crippen LogP contribution in [0.1, 0.15) is 23.6 Å². The van der Waals surface area contributed by atoms with Crippen molar-refractivity contribution >= 4 is 27.2 Å². The zero-order chi connectivity index (χ0) is 26.5. The average molecular weight is 506 g/mol. The Balaban J connectivity index is 1.33. The van der Waals surface area contributed by atoms with Crippen molar-refractivity contribution in [3.63, 3.8) is 0 Å². The molecule has 0 atom stereocenters. The Bertz CT molecular complexity index is 1450. The first-order valence-electron chi connectivity index (χ1n) is 13.1. The number of fused-ring (bicyclic) bond motifs is 2. The standard InChI is InChI=1S/C33H35N3O2/c1-33(18-23-10-14-26(34)15-11-23,21-35-19-29-27-8-4-2-6-24(27)12-16-31(29)37)22-36-20-30-28-9-5-3-7-25(28)13-17-32(30)38/h2-17,35-38H,18-22,34H2,1H3. The molecule has 0 aliphatic carbocycles. The van der Waals surface area contributed by atoms with Crippen molar-refractivity contribution in [2.24, 2.45) is 5.41 Å². The highest BCUT2D eigenvalue weighted by atomic mass is 16.3. The number of phenolic OH excluding ortho intramolecular Hbond substituents is 2. The number of benzene rings is 5. The van der Waals surface area contributed by atoms with Gasteiger partial charge in [0.2, 0.25) is 0 Å². The summed E-state index contributed by atoms with van der Waals surface area (Å²) in [5.74, 6) is 0.613. The Morgan fingerprint density at radius 3 is 1.61 bits per heavy atom. The summed E-state index contributed by atoms with van der Waals surface area (Å²) in [6.07, 6.45) is 0.844. The molecular weight excluding hydrogens is 470 g/mol. The van der Waals surface area contributed by atoms with Crippen LogP contribution in [0, 0.1) is 5.41 Å². The van der Waals surface area contributed by atoms with E-state index in [-0.39, 0.29) is 5.41 Å². The van der Waals surface area contributed by atoms with Crippen molar-refractivity contribution in [3.05, 3.63) is 114 Å². The highest BCUT2D eigenvalue weighted by Crippen LogP contribution is 2.29. The second kappa shape index (κ2) is 11.1. The molecule has 5 rings (SSSR count). The van der Waals surface area contributed by atoms with E-state index in [9.17, 15) is 10.2 Å². The van der Waals surface area contributed by atoms with Gasteiger partial charge >= 0.3 is 0 Å². The van der Waals surface area contributed by atoms with Crippen molar-refractivity contribution in [2.75, 3.05) is 18.8 Å². The van der Waals surface area contributed by atoms with Crippen LogP contribution in [0.15, 0.2) is 97.1 Å². The summed E-state index contributed by atoms with van der Waals surface area (Å²) in [5.41, 5.74) is 9.57. The van der Waals surface area contributed by atoms with Crippen LogP contribution in [0.2, 0.25) is 0 Å². The van der Waals surface area contributed by atoms with Gasteiger partial charge in [0.15, 0.2) is 0 Å². The van der Waals surface area contributed by atoms with Crippen LogP contribution in [0.25, 0.3) is 21.5 Å². The number of anilines is 1. The van der Waals surface area contributed by atoms with Crippen LogP contribution in [0.3, 0.4) is 0 Å². The lowest BCUT2D eigenvalue weighted by Gasteiger charge is -2.31. The topological polar surface area (TPSA) is 90.5 Å². The predicted octanol–water partition coefficient (Wildman–Crippen LogP) is 6.11. The third-order valence-corrected chi connectivity index (χ3v) is 7.35. The molecule has 6 N–H and O–H groups in total. The van der Waals surface area contributed by atoms with Crippen LogP contribution >= 0.6 is 0 Å². The molecule has 194 valence electrons. The van der Waals surface area contributed by atoms with Crippen molar-refractivity contribution < 1.29 is 10.2 Å². The Labute approximate surface area is 223 Å². The van der Waals surface area contributed by atoms with E-state index >= 15 is 0 Å². The van der Waals surface area contributed by atoms with Crippen LogP contribution in [0.5, 0.6) is 11.5 Å². The van der Waals surface area contributed by atoms with Gasteiger partial charge in [-0.05, 0) is 63.2 Å². The molecule has 5 aromatic carbocycles. The Kier molecular flexibility index (Phi) is 7.50. The Morgan fingerprint density at radius 1 is 0.632 bits per heavy atom. The molecule has 0 saturated carbocycles. The molecule has 0 heterocycles. The van der Waals surface area contributed by atoms with Crippen LogP contribution in [-0.2, 0) is 19.5 Å². The van der Waals surface area contributed by atoms with Crippen molar-refractivity contribution in [1.29, 1.82) is 0 Å².